The van der Waals surface area contributed by atoms with Gasteiger partial charge in [-0.1, -0.05) is 91.9 Å². The van der Waals surface area contributed by atoms with Crippen LogP contribution in [0.4, 0.5) is 0 Å². The molecule has 6 heteroatoms. The molecule has 0 aromatic rings. The second kappa shape index (κ2) is 20.2. The molecule has 0 bridgehead atoms. The molecule has 0 spiro atoms. The Morgan fingerprint density at radius 1 is 0.357 bits per heavy atom. The number of sulfone groups is 2. The zero-order valence-electron chi connectivity index (χ0n) is 19.2. The molecular weight excluding hydrogens is 392 g/mol. The summed E-state index contributed by atoms with van der Waals surface area (Å²) >= 11 is 0. The lowest BCUT2D eigenvalue weighted by Gasteiger charge is -2.03. The largest absolute Gasteiger partial charge is 0.229 e. The van der Waals surface area contributed by atoms with Gasteiger partial charge in [0, 0.05) is 0 Å². The van der Waals surface area contributed by atoms with Gasteiger partial charge >= 0.3 is 0 Å². The van der Waals surface area contributed by atoms with Crippen LogP contribution in [0.3, 0.4) is 0 Å². The second-order valence-corrected chi connectivity index (χ2v) is 12.4. The molecular formula is C22H48O4S2. The van der Waals surface area contributed by atoms with Crippen molar-refractivity contribution >= 4 is 19.7 Å². The van der Waals surface area contributed by atoms with Crippen molar-refractivity contribution in [1.29, 1.82) is 0 Å². The van der Waals surface area contributed by atoms with Crippen molar-refractivity contribution in [3.8, 4) is 0 Å². The van der Waals surface area contributed by atoms with Crippen molar-refractivity contribution in [2.75, 3.05) is 23.0 Å². The van der Waals surface area contributed by atoms with E-state index in [9.17, 15) is 16.8 Å². The van der Waals surface area contributed by atoms with Crippen molar-refractivity contribution in [2.24, 2.45) is 0 Å². The van der Waals surface area contributed by atoms with E-state index in [0.717, 1.165) is 89.9 Å². The van der Waals surface area contributed by atoms with Gasteiger partial charge in [-0.2, -0.15) is 0 Å². The van der Waals surface area contributed by atoms with E-state index in [0.29, 0.717) is 23.0 Å². The van der Waals surface area contributed by atoms with Gasteiger partial charge in [0.25, 0.3) is 0 Å². The highest BCUT2D eigenvalue weighted by molar-refractivity contribution is 7.91. The fourth-order valence-corrected chi connectivity index (χ4v) is 5.83. The van der Waals surface area contributed by atoms with Crippen LogP contribution >= 0.6 is 0 Å². The molecule has 0 aliphatic heterocycles. The summed E-state index contributed by atoms with van der Waals surface area (Å²) in [6, 6.07) is 0. The topological polar surface area (TPSA) is 68.3 Å². The van der Waals surface area contributed by atoms with Gasteiger partial charge in [-0.25, -0.2) is 16.8 Å². The lowest BCUT2D eigenvalue weighted by Crippen LogP contribution is -2.11. The van der Waals surface area contributed by atoms with E-state index < -0.39 is 19.7 Å². The summed E-state index contributed by atoms with van der Waals surface area (Å²) in [5.74, 6) is 1.59. The summed E-state index contributed by atoms with van der Waals surface area (Å²) in [6.07, 6.45) is 14.4. The Bertz CT molecular complexity index is 477. The summed E-state index contributed by atoms with van der Waals surface area (Å²) in [4.78, 5) is 0. The van der Waals surface area contributed by atoms with Gasteiger partial charge in [0.05, 0.1) is 23.0 Å². The number of rotatable bonds is 18. The van der Waals surface area contributed by atoms with Gasteiger partial charge in [-0.05, 0) is 25.7 Å². The van der Waals surface area contributed by atoms with Crippen molar-refractivity contribution in [1.82, 2.24) is 0 Å². The molecule has 0 heterocycles. The molecule has 0 amide bonds. The molecule has 0 saturated carbocycles. The smallest absolute Gasteiger partial charge is 0.150 e. The zero-order chi connectivity index (χ0) is 21.7. The third kappa shape index (κ3) is 23.9. The molecule has 0 aromatic heterocycles. The molecule has 0 atom stereocenters. The maximum atomic E-state index is 11.6. The highest BCUT2D eigenvalue weighted by Gasteiger charge is 2.09. The summed E-state index contributed by atoms with van der Waals surface area (Å²) in [5.41, 5.74) is 0. The average molecular weight is 441 g/mol. The van der Waals surface area contributed by atoms with Crippen LogP contribution in [0.1, 0.15) is 118 Å². The minimum absolute atomic E-state index is 0.393. The fourth-order valence-electron chi connectivity index (χ4n) is 2.85. The molecule has 0 fully saturated rings. The highest BCUT2D eigenvalue weighted by atomic mass is 32.2. The maximum Gasteiger partial charge on any atom is 0.150 e. The van der Waals surface area contributed by atoms with Crippen LogP contribution in [0.15, 0.2) is 0 Å². The van der Waals surface area contributed by atoms with Crippen LogP contribution in [0.5, 0.6) is 0 Å². The minimum Gasteiger partial charge on any atom is -0.229 e. The third-order valence-electron chi connectivity index (χ3n) is 4.74. The van der Waals surface area contributed by atoms with E-state index in [1.807, 2.05) is 0 Å². The van der Waals surface area contributed by atoms with Gasteiger partial charge in [0.2, 0.25) is 0 Å². The zero-order valence-corrected chi connectivity index (χ0v) is 20.8. The number of hydrogen-bond donors (Lipinski definition) is 0. The van der Waals surface area contributed by atoms with Crippen LogP contribution in [0.2, 0.25) is 0 Å². The molecule has 0 aliphatic rings. The van der Waals surface area contributed by atoms with E-state index in [2.05, 4.69) is 27.7 Å². The van der Waals surface area contributed by atoms with Gasteiger partial charge in [-0.15, -0.1) is 0 Å². The molecule has 4 nitrogen and oxygen atoms in total. The van der Waals surface area contributed by atoms with Crippen molar-refractivity contribution in [3.05, 3.63) is 0 Å². The van der Waals surface area contributed by atoms with Gasteiger partial charge in [-0.3, -0.25) is 0 Å². The Morgan fingerprint density at radius 2 is 0.571 bits per heavy atom. The SMILES string of the molecule is CCCCCCS(=O)(=O)CCCCCC.CCCCCS(=O)(=O)CCCCC. The van der Waals surface area contributed by atoms with E-state index in [-0.39, 0.29) is 0 Å². The quantitative estimate of drug-likeness (QED) is 0.233. The average Bonchev–Trinajstić information content (AvgIpc) is 2.63. The lowest BCUT2D eigenvalue weighted by atomic mass is 10.2. The maximum absolute atomic E-state index is 11.6. The number of unbranched alkanes of at least 4 members (excludes halogenated alkanes) is 10. The Kier molecular flexibility index (Phi) is 21.7. The summed E-state index contributed by atoms with van der Waals surface area (Å²) in [6.45, 7) is 8.45. The molecule has 0 unspecified atom stereocenters. The standard InChI is InChI=1S/C12H26O2S.C10H22O2S/c1-3-5-7-9-11-15(13,14)12-10-8-6-4-2;1-3-5-7-9-13(11,12)10-8-6-4-2/h3-12H2,1-2H3;3-10H2,1-2H3. The fraction of sp³-hybridized carbons (Fsp3) is 1.00. The molecule has 0 aromatic carbocycles. The first-order valence-electron chi connectivity index (χ1n) is 11.6. The Balaban J connectivity index is 0. The summed E-state index contributed by atoms with van der Waals surface area (Å²) in [5, 5.41) is 0. The van der Waals surface area contributed by atoms with Crippen LogP contribution in [0, 0.1) is 0 Å². The van der Waals surface area contributed by atoms with Crippen LogP contribution in [-0.4, -0.2) is 39.8 Å². The summed E-state index contributed by atoms with van der Waals surface area (Å²) < 4.78 is 45.9. The summed E-state index contributed by atoms with van der Waals surface area (Å²) in [7, 11) is -5.47. The predicted octanol–water partition coefficient (Wildman–Crippen LogP) is 6.34. The van der Waals surface area contributed by atoms with Gasteiger partial charge in [0.15, 0.2) is 0 Å². The van der Waals surface area contributed by atoms with Crippen molar-refractivity contribution in [2.45, 2.75) is 118 Å². The lowest BCUT2D eigenvalue weighted by molar-refractivity contribution is 0.582. The minimum atomic E-state index is -2.74. The van der Waals surface area contributed by atoms with Crippen molar-refractivity contribution in [3.63, 3.8) is 0 Å². The van der Waals surface area contributed by atoms with E-state index >= 15 is 0 Å². The van der Waals surface area contributed by atoms with Crippen LogP contribution < -0.4 is 0 Å². The molecule has 28 heavy (non-hydrogen) atoms. The van der Waals surface area contributed by atoms with E-state index in [1.165, 1.54) is 0 Å². The monoisotopic (exact) mass is 440 g/mol. The van der Waals surface area contributed by atoms with Crippen molar-refractivity contribution < 1.29 is 16.8 Å². The first-order valence-corrected chi connectivity index (χ1v) is 15.3. The van der Waals surface area contributed by atoms with Crippen LogP contribution in [-0.2, 0) is 19.7 Å². The normalized spacial score (nSPS) is 11.9. The van der Waals surface area contributed by atoms with E-state index in [1.54, 1.807) is 0 Å². The Labute approximate surface area is 177 Å². The molecule has 172 valence electrons. The molecule has 0 rings (SSSR count). The number of hydrogen-bond acceptors (Lipinski definition) is 4. The second-order valence-electron chi connectivity index (χ2n) is 7.84. The van der Waals surface area contributed by atoms with Gasteiger partial charge < -0.3 is 0 Å². The first kappa shape index (κ1) is 30.1. The highest BCUT2D eigenvalue weighted by Crippen LogP contribution is 2.07. The first-order chi connectivity index (χ1) is 13.2. The molecule has 0 radical (unpaired) electrons. The Hall–Kier alpha value is -0.100. The van der Waals surface area contributed by atoms with Gasteiger partial charge in [0.1, 0.15) is 19.7 Å². The van der Waals surface area contributed by atoms with Crippen LogP contribution in [0.25, 0.3) is 0 Å². The third-order valence-corrected chi connectivity index (χ3v) is 8.38. The predicted molar refractivity (Wildman–Crippen MR) is 125 cm³/mol. The Morgan fingerprint density at radius 3 is 0.821 bits per heavy atom. The molecule has 0 aliphatic carbocycles. The van der Waals surface area contributed by atoms with E-state index in [4.69, 9.17) is 0 Å². The molecule has 0 N–H and O–H groups in total. The molecule has 0 saturated heterocycles.